The SMILES string of the molecule is COCCNCc1cc(C(F)(F)F)c2cn(-c3cc(-c4ccc(C#N)cc4-c4nncn4C)cc(C4CC4)n3)c(=O)n2c1. The second-order valence-corrected chi connectivity index (χ2v) is 10.5. The maximum absolute atomic E-state index is 14.2. The average Bonchev–Trinajstić information content (AvgIpc) is 3.68. The van der Waals surface area contributed by atoms with Crippen LogP contribution >= 0.6 is 0 Å². The number of hydrogen-bond donors (Lipinski definition) is 1. The first-order valence-corrected chi connectivity index (χ1v) is 13.6. The van der Waals surface area contributed by atoms with Crippen molar-refractivity contribution in [3.8, 4) is 34.4 Å². The Bertz CT molecular complexity index is 1930. The van der Waals surface area contributed by atoms with Crippen LogP contribution in [0.25, 0.3) is 33.8 Å². The lowest BCUT2D eigenvalue weighted by Gasteiger charge is -2.13. The molecule has 4 aromatic heterocycles. The van der Waals surface area contributed by atoms with Crippen LogP contribution in [-0.4, -0.2) is 49.0 Å². The van der Waals surface area contributed by atoms with Crippen LogP contribution in [0.3, 0.4) is 0 Å². The number of alkyl halides is 3. The molecule has 1 aromatic carbocycles. The first-order valence-electron chi connectivity index (χ1n) is 13.6. The summed E-state index contributed by atoms with van der Waals surface area (Å²) in [5, 5.41) is 20.8. The van der Waals surface area contributed by atoms with Gasteiger partial charge in [0.2, 0.25) is 0 Å². The monoisotopic (exact) mass is 588 g/mol. The van der Waals surface area contributed by atoms with Crippen molar-refractivity contribution < 1.29 is 17.9 Å². The third-order valence-electron chi connectivity index (χ3n) is 7.43. The number of imidazole rings is 1. The largest absolute Gasteiger partial charge is 0.418 e. The number of nitriles is 1. The highest BCUT2D eigenvalue weighted by Crippen LogP contribution is 2.42. The molecule has 1 fully saturated rings. The molecule has 43 heavy (non-hydrogen) atoms. The predicted octanol–water partition coefficient (Wildman–Crippen LogP) is 4.45. The molecule has 0 spiro atoms. The zero-order valence-electron chi connectivity index (χ0n) is 23.4. The van der Waals surface area contributed by atoms with Crippen LogP contribution in [-0.2, 0) is 24.5 Å². The molecular formula is C30H27F3N8O2. The minimum atomic E-state index is -4.69. The van der Waals surface area contributed by atoms with E-state index in [1.807, 2.05) is 6.07 Å². The molecule has 6 rings (SSSR count). The molecular weight excluding hydrogens is 561 g/mol. The smallest absolute Gasteiger partial charge is 0.383 e. The molecule has 1 aliphatic carbocycles. The van der Waals surface area contributed by atoms with E-state index in [2.05, 4.69) is 21.6 Å². The van der Waals surface area contributed by atoms with Crippen LogP contribution in [0.2, 0.25) is 0 Å². The molecule has 10 nitrogen and oxygen atoms in total. The Morgan fingerprint density at radius 2 is 1.95 bits per heavy atom. The van der Waals surface area contributed by atoms with E-state index in [1.54, 1.807) is 42.2 Å². The van der Waals surface area contributed by atoms with Crippen LogP contribution in [0.4, 0.5) is 13.2 Å². The third-order valence-corrected chi connectivity index (χ3v) is 7.43. The van der Waals surface area contributed by atoms with Crippen LogP contribution in [0.5, 0.6) is 0 Å². The number of nitrogens with zero attached hydrogens (tertiary/aromatic N) is 7. The number of methoxy groups -OCH3 is 1. The fourth-order valence-corrected chi connectivity index (χ4v) is 5.12. The van der Waals surface area contributed by atoms with E-state index in [1.165, 1.54) is 19.5 Å². The van der Waals surface area contributed by atoms with E-state index < -0.39 is 17.4 Å². The van der Waals surface area contributed by atoms with E-state index in [9.17, 15) is 23.2 Å². The summed E-state index contributed by atoms with van der Waals surface area (Å²) in [5.41, 5.74) is 1.69. The van der Waals surface area contributed by atoms with Gasteiger partial charge in [0.25, 0.3) is 0 Å². The van der Waals surface area contributed by atoms with Crippen molar-refractivity contribution in [2.24, 2.45) is 7.05 Å². The third kappa shape index (κ3) is 5.54. The second-order valence-electron chi connectivity index (χ2n) is 10.5. The lowest BCUT2D eigenvalue weighted by Crippen LogP contribution is -2.22. The fraction of sp³-hybridized carbons (Fsp3) is 0.300. The normalized spacial score (nSPS) is 13.5. The Kier molecular flexibility index (Phi) is 7.33. The summed E-state index contributed by atoms with van der Waals surface area (Å²) in [6.07, 6.45) is 1.32. The number of ether oxygens (including phenoxy) is 1. The van der Waals surface area contributed by atoms with Gasteiger partial charge in [-0.25, -0.2) is 9.78 Å². The molecule has 13 heteroatoms. The van der Waals surface area contributed by atoms with Crippen molar-refractivity contribution in [1.29, 1.82) is 5.26 Å². The molecule has 0 bridgehead atoms. The molecule has 0 unspecified atom stereocenters. The molecule has 0 amide bonds. The molecule has 4 heterocycles. The minimum Gasteiger partial charge on any atom is -0.383 e. The number of hydrogen-bond acceptors (Lipinski definition) is 7. The van der Waals surface area contributed by atoms with Crippen LogP contribution < -0.4 is 11.0 Å². The average molecular weight is 589 g/mol. The molecule has 1 aliphatic rings. The molecule has 5 aromatic rings. The Morgan fingerprint density at radius 3 is 2.63 bits per heavy atom. The standard InChI is InChI=1S/C30H27F3N8O2/c1-39-17-36-38-28(39)23-9-18(13-34)3-6-22(23)21-11-25(20-4-5-20)37-27(12-21)41-16-26-24(30(31,32)33)10-19(14-35-7-8-43-2)15-40(26)29(41)42/h3,6,9-12,15-17,20,35H,4-5,7-8,14H2,1-2H3. The molecule has 0 saturated heterocycles. The highest BCUT2D eigenvalue weighted by atomic mass is 19.4. The van der Waals surface area contributed by atoms with E-state index in [4.69, 9.17) is 9.72 Å². The molecule has 0 radical (unpaired) electrons. The first-order chi connectivity index (χ1) is 20.7. The summed E-state index contributed by atoms with van der Waals surface area (Å²) in [5.74, 6) is 0.916. The maximum atomic E-state index is 14.2. The number of rotatable bonds is 9. The van der Waals surface area contributed by atoms with E-state index >= 15 is 0 Å². The van der Waals surface area contributed by atoms with Gasteiger partial charge in [-0.1, -0.05) is 6.07 Å². The number of aromatic nitrogens is 6. The Labute approximate surface area is 244 Å². The van der Waals surface area contributed by atoms with Crippen molar-refractivity contribution in [3.63, 3.8) is 0 Å². The van der Waals surface area contributed by atoms with Crippen molar-refractivity contribution in [2.45, 2.75) is 31.5 Å². The van der Waals surface area contributed by atoms with Crippen LogP contribution in [0, 0.1) is 11.3 Å². The zero-order chi connectivity index (χ0) is 30.3. The topological polar surface area (TPSA) is 115 Å². The zero-order valence-corrected chi connectivity index (χ0v) is 23.4. The Morgan fingerprint density at radius 1 is 1.14 bits per heavy atom. The summed E-state index contributed by atoms with van der Waals surface area (Å²) in [6, 6.07) is 12.0. The molecule has 220 valence electrons. The number of pyridine rings is 2. The van der Waals surface area contributed by atoms with Gasteiger partial charge in [0.15, 0.2) is 5.82 Å². The van der Waals surface area contributed by atoms with Gasteiger partial charge in [-0.2, -0.15) is 18.4 Å². The van der Waals surface area contributed by atoms with Gasteiger partial charge in [0.1, 0.15) is 12.1 Å². The number of fused-ring (bicyclic) bond motifs is 1. The number of halogens is 3. The highest BCUT2D eigenvalue weighted by Gasteiger charge is 2.35. The predicted molar refractivity (Wildman–Crippen MR) is 151 cm³/mol. The molecule has 1 N–H and O–H groups in total. The summed E-state index contributed by atoms with van der Waals surface area (Å²) in [4.78, 5) is 18.4. The summed E-state index contributed by atoms with van der Waals surface area (Å²) in [7, 11) is 3.32. The van der Waals surface area contributed by atoms with Gasteiger partial charge in [-0.05, 0) is 59.9 Å². The maximum Gasteiger partial charge on any atom is 0.418 e. The van der Waals surface area contributed by atoms with Gasteiger partial charge >= 0.3 is 11.9 Å². The van der Waals surface area contributed by atoms with Crippen LogP contribution in [0.15, 0.2) is 59.9 Å². The van der Waals surface area contributed by atoms with E-state index in [0.717, 1.165) is 39.1 Å². The Hall–Kier alpha value is -4.80. The number of aryl methyl sites for hydroxylation is 1. The lowest BCUT2D eigenvalue weighted by molar-refractivity contribution is -0.136. The Balaban J connectivity index is 1.52. The molecule has 0 aliphatic heterocycles. The van der Waals surface area contributed by atoms with Gasteiger partial charge < -0.3 is 14.6 Å². The van der Waals surface area contributed by atoms with E-state index in [-0.39, 0.29) is 23.8 Å². The van der Waals surface area contributed by atoms with Gasteiger partial charge in [0.05, 0.1) is 29.3 Å². The molecule has 0 atom stereocenters. The number of benzene rings is 1. The quantitative estimate of drug-likeness (QED) is 0.253. The second kappa shape index (κ2) is 11.1. The van der Waals surface area contributed by atoms with Crippen molar-refractivity contribution >= 4 is 5.52 Å². The molecule has 1 saturated carbocycles. The van der Waals surface area contributed by atoms with Gasteiger partial charge in [-0.3, -0.25) is 8.97 Å². The minimum absolute atomic E-state index is 0.128. The van der Waals surface area contributed by atoms with Gasteiger partial charge in [-0.15, -0.1) is 10.2 Å². The highest BCUT2D eigenvalue weighted by molar-refractivity contribution is 5.82. The van der Waals surface area contributed by atoms with Crippen molar-refractivity contribution in [2.75, 3.05) is 20.3 Å². The summed E-state index contributed by atoms with van der Waals surface area (Å²) < 4.78 is 51.5. The first kappa shape index (κ1) is 28.3. The number of nitrogens with one attached hydrogen (secondary N) is 1. The lowest BCUT2D eigenvalue weighted by atomic mass is 9.96. The van der Waals surface area contributed by atoms with Crippen LogP contribution in [0.1, 0.15) is 41.1 Å². The fourth-order valence-electron chi connectivity index (χ4n) is 5.12. The van der Waals surface area contributed by atoms with Crippen molar-refractivity contribution in [3.05, 3.63) is 88.0 Å². The van der Waals surface area contributed by atoms with Crippen molar-refractivity contribution in [1.82, 2.24) is 34.0 Å². The van der Waals surface area contributed by atoms with E-state index in [0.29, 0.717) is 41.2 Å². The van der Waals surface area contributed by atoms with Gasteiger partial charge in [0, 0.05) is 56.8 Å². The summed E-state index contributed by atoms with van der Waals surface area (Å²) >= 11 is 0. The summed E-state index contributed by atoms with van der Waals surface area (Å²) in [6.45, 7) is 0.967.